The lowest BCUT2D eigenvalue weighted by molar-refractivity contribution is 0.0746. The lowest BCUT2D eigenvalue weighted by Gasteiger charge is -2.22. The number of phenolic OH excluding ortho intramolecular Hbond substituents is 1. The molecular formula is C14H19NO3. The number of amides is 1. The first-order valence-corrected chi connectivity index (χ1v) is 6.23. The Bertz CT molecular complexity index is 470. The van der Waals surface area contributed by atoms with Gasteiger partial charge in [-0.2, -0.15) is 0 Å². The van der Waals surface area contributed by atoms with Crippen LogP contribution in [0.3, 0.4) is 0 Å². The molecule has 1 fully saturated rings. The number of phenols is 1. The zero-order valence-electron chi connectivity index (χ0n) is 11.1. The summed E-state index contributed by atoms with van der Waals surface area (Å²) >= 11 is 0. The van der Waals surface area contributed by atoms with Crippen LogP contribution in [-0.4, -0.2) is 35.6 Å². The van der Waals surface area contributed by atoms with Crippen molar-refractivity contribution in [3.63, 3.8) is 0 Å². The Balaban J connectivity index is 2.35. The number of carbonyl (C=O) groups is 1. The van der Waals surface area contributed by atoms with Gasteiger partial charge in [-0.1, -0.05) is 0 Å². The molecule has 1 aliphatic heterocycles. The summed E-state index contributed by atoms with van der Waals surface area (Å²) in [6.45, 7) is 4.70. The van der Waals surface area contributed by atoms with Gasteiger partial charge in [0.25, 0.3) is 5.91 Å². The second-order valence-electron chi connectivity index (χ2n) is 4.83. The second-order valence-corrected chi connectivity index (χ2v) is 4.83. The quantitative estimate of drug-likeness (QED) is 0.875. The van der Waals surface area contributed by atoms with Gasteiger partial charge in [0, 0.05) is 18.2 Å². The molecule has 1 N–H and O–H groups in total. The van der Waals surface area contributed by atoms with Crippen LogP contribution in [0.5, 0.6) is 11.5 Å². The predicted molar refractivity (Wildman–Crippen MR) is 69.1 cm³/mol. The molecule has 4 heteroatoms. The Hall–Kier alpha value is -1.71. The number of benzene rings is 1. The standard InChI is InChI=1S/C14H19NO3/c1-9-7-12(16)13(18-3)8-11(9)14(17)15-6-4-5-10(15)2/h7-8,10,16H,4-6H2,1-3H3/t10-/m1/s1. The number of nitrogens with zero attached hydrogens (tertiary/aromatic N) is 1. The SMILES string of the molecule is COc1cc(C(=O)N2CCC[C@H]2C)c(C)cc1O. The molecule has 1 aromatic carbocycles. The van der Waals surface area contributed by atoms with E-state index in [9.17, 15) is 9.90 Å². The molecule has 0 bridgehead atoms. The molecule has 1 heterocycles. The van der Waals surface area contributed by atoms with Gasteiger partial charge in [0.2, 0.25) is 0 Å². The van der Waals surface area contributed by atoms with Gasteiger partial charge < -0.3 is 14.7 Å². The normalized spacial score (nSPS) is 19.1. The third kappa shape index (κ3) is 2.15. The lowest BCUT2D eigenvalue weighted by atomic mass is 10.1. The van der Waals surface area contributed by atoms with E-state index in [1.54, 1.807) is 12.1 Å². The maximum absolute atomic E-state index is 12.4. The first-order chi connectivity index (χ1) is 8.54. The highest BCUT2D eigenvalue weighted by atomic mass is 16.5. The number of hydrogen-bond donors (Lipinski definition) is 1. The molecule has 0 aliphatic carbocycles. The summed E-state index contributed by atoms with van der Waals surface area (Å²) in [5.74, 6) is 0.438. The Morgan fingerprint density at radius 1 is 1.50 bits per heavy atom. The predicted octanol–water partition coefficient (Wildman–Crippen LogP) is 2.33. The van der Waals surface area contributed by atoms with Gasteiger partial charge in [-0.15, -0.1) is 0 Å². The summed E-state index contributed by atoms with van der Waals surface area (Å²) in [6.07, 6.45) is 2.11. The first-order valence-electron chi connectivity index (χ1n) is 6.23. The smallest absolute Gasteiger partial charge is 0.254 e. The molecule has 4 nitrogen and oxygen atoms in total. The summed E-state index contributed by atoms with van der Waals surface area (Å²) in [7, 11) is 1.48. The van der Waals surface area contributed by atoms with E-state index >= 15 is 0 Å². The van der Waals surface area contributed by atoms with Crippen LogP contribution >= 0.6 is 0 Å². The monoisotopic (exact) mass is 249 g/mol. The van der Waals surface area contributed by atoms with E-state index in [-0.39, 0.29) is 17.7 Å². The number of ether oxygens (including phenoxy) is 1. The van der Waals surface area contributed by atoms with E-state index in [0.29, 0.717) is 11.3 Å². The van der Waals surface area contributed by atoms with Gasteiger partial charge in [0.05, 0.1) is 7.11 Å². The van der Waals surface area contributed by atoms with Crippen molar-refractivity contribution >= 4 is 5.91 Å². The Kier molecular flexibility index (Phi) is 3.45. The third-order valence-electron chi connectivity index (χ3n) is 3.57. The number of rotatable bonds is 2. The van der Waals surface area contributed by atoms with E-state index in [1.807, 2.05) is 11.8 Å². The zero-order chi connectivity index (χ0) is 13.3. The molecule has 1 amide bonds. The van der Waals surface area contributed by atoms with Gasteiger partial charge in [0.15, 0.2) is 11.5 Å². The van der Waals surface area contributed by atoms with Crippen LogP contribution in [0.25, 0.3) is 0 Å². The Morgan fingerprint density at radius 2 is 2.22 bits per heavy atom. The Morgan fingerprint density at radius 3 is 2.78 bits per heavy atom. The van der Waals surface area contributed by atoms with Crippen molar-refractivity contribution in [3.8, 4) is 11.5 Å². The van der Waals surface area contributed by atoms with E-state index < -0.39 is 0 Å². The highest BCUT2D eigenvalue weighted by Gasteiger charge is 2.27. The number of methoxy groups -OCH3 is 1. The highest BCUT2D eigenvalue weighted by molar-refractivity contribution is 5.96. The summed E-state index contributed by atoms with van der Waals surface area (Å²) < 4.78 is 5.06. The fourth-order valence-electron chi connectivity index (χ4n) is 2.46. The summed E-state index contributed by atoms with van der Waals surface area (Å²) in [4.78, 5) is 14.3. The molecule has 0 spiro atoms. The van der Waals surface area contributed by atoms with Gasteiger partial charge >= 0.3 is 0 Å². The molecule has 1 atom stereocenters. The largest absolute Gasteiger partial charge is 0.504 e. The van der Waals surface area contributed by atoms with Crippen LogP contribution in [0.2, 0.25) is 0 Å². The second kappa shape index (κ2) is 4.88. The van der Waals surface area contributed by atoms with Crippen molar-refractivity contribution < 1.29 is 14.6 Å². The van der Waals surface area contributed by atoms with Crippen LogP contribution < -0.4 is 4.74 Å². The topological polar surface area (TPSA) is 49.8 Å². The van der Waals surface area contributed by atoms with Crippen LogP contribution in [0, 0.1) is 6.92 Å². The lowest BCUT2D eigenvalue weighted by Crippen LogP contribution is -2.34. The van der Waals surface area contributed by atoms with Crippen molar-refractivity contribution in [3.05, 3.63) is 23.3 Å². The first kappa shape index (κ1) is 12.7. The number of aryl methyl sites for hydroxylation is 1. The number of likely N-dealkylation sites (tertiary alicyclic amines) is 1. The number of aromatic hydroxyl groups is 1. The molecule has 18 heavy (non-hydrogen) atoms. The number of carbonyl (C=O) groups excluding carboxylic acids is 1. The minimum atomic E-state index is 0.0239. The number of hydrogen-bond acceptors (Lipinski definition) is 3. The van der Waals surface area contributed by atoms with Gasteiger partial charge in [-0.25, -0.2) is 0 Å². The van der Waals surface area contributed by atoms with E-state index in [0.717, 1.165) is 24.9 Å². The van der Waals surface area contributed by atoms with Gasteiger partial charge in [0.1, 0.15) is 0 Å². The molecule has 1 aromatic rings. The molecular weight excluding hydrogens is 230 g/mol. The van der Waals surface area contributed by atoms with Crippen LogP contribution in [0.4, 0.5) is 0 Å². The molecule has 0 radical (unpaired) electrons. The maximum atomic E-state index is 12.4. The van der Waals surface area contributed by atoms with Gasteiger partial charge in [-0.05, 0) is 44.4 Å². The van der Waals surface area contributed by atoms with Gasteiger partial charge in [-0.3, -0.25) is 4.79 Å². The van der Waals surface area contributed by atoms with E-state index in [4.69, 9.17) is 4.74 Å². The zero-order valence-corrected chi connectivity index (χ0v) is 11.1. The molecule has 0 saturated carbocycles. The van der Waals surface area contributed by atoms with Crippen LogP contribution in [0.15, 0.2) is 12.1 Å². The average molecular weight is 249 g/mol. The molecule has 2 rings (SSSR count). The fourth-order valence-corrected chi connectivity index (χ4v) is 2.46. The molecule has 1 aliphatic rings. The van der Waals surface area contributed by atoms with Crippen molar-refractivity contribution in [1.29, 1.82) is 0 Å². The molecule has 0 aromatic heterocycles. The Labute approximate surface area is 107 Å². The van der Waals surface area contributed by atoms with Crippen LogP contribution in [-0.2, 0) is 0 Å². The summed E-state index contributed by atoms with van der Waals surface area (Å²) in [6, 6.07) is 3.49. The third-order valence-corrected chi connectivity index (χ3v) is 3.57. The van der Waals surface area contributed by atoms with Crippen molar-refractivity contribution in [2.45, 2.75) is 32.7 Å². The van der Waals surface area contributed by atoms with Crippen molar-refractivity contribution in [2.24, 2.45) is 0 Å². The summed E-state index contributed by atoms with van der Waals surface area (Å²) in [5.41, 5.74) is 1.39. The maximum Gasteiger partial charge on any atom is 0.254 e. The molecule has 0 unspecified atom stereocenters. The van der Waals surface area contributed by atoms with Crippen molar-refractivity contribution in [2.75, 3.05) is 13.7 Å². The highest BCUT2D eigenvalue weighted by Crippen LogP contribution is 2.31. The minimum absolute atomic E-state index is 0.0239. The minimum Gasteiger partial charge on any atom is -0.504 e. The van der Waals surface area contributed by atoms with E-state index in [1.165, 1.54) is 7.11 Å². The molecule has 1 saturated heterocycles. The van der Waals surface area contributed by atoms with Crippen molar-refractivity contribution in [1.82, 2.24) is 4.90 Å². The fraction of sp³-hybridized carbons (Fsp3) is 0.500. The average Bonchev–Trinajstić information content (AvgIpc) is 2.75. The summed E-state index contributed by atoms with van der Waals surface area (Å²) in [5, 5.41) is 9.66. The molecule has 98 valence electrons. The van der Waals surface area contributed by atoms with Crippen LogP contribution in [0.1, 0.15) is 35.7 Å². The van der Waals surface area contributed by atoms with E-state index in [2.05, 4.69) is 6.92 Å².